The van der Waals surface area contributed by atoms with Gasteiger partial charge in [0, 0.05) is 5.56 Å². The van der Waals surface area contributed by atoms with E-state index in [4.69, 9.17) is 9.47 Å². The number of aryl methyl sites for hydroxylation is 1. The molecule has 4 aromatic rings. The molecule has 1 aliphatic heterocycles. The molecule has 0 bridgehead atoms. The van der Waals surface area contributed by atoms with Crippen molar-refractivity contribution in [3.05, 3.63) is 88.7 Å². The summed E-state index contributed by atoms with van der Waals surface area (Å²) < 4.78 is 25.5. The third-order valence-corrected chi connectivity index (χ3v) is 7.12. The van der Waals surface area contributed by atoms with E-state index < -0.39 is 29.3 Å². The van der Waals surface area contributed by atoms with E-state index in [-0.39, 0.29) is 11.1 Å². The fourth-order valence-electron chi connectivity index (χ4n) is 4.36. The smallest absolute Gasteiger partial charge is 0.301 e. The second-order valence-corrected chi connectivity index (χ2v) is 9.50. The van der Waals surface area contributed by atoms with Crippen molar-refractivity contribution in [3.8, 4) is 11.5 Å². The molecule has 37 heavy (non-hydrogen) atoms. The molecule has 1 aliphatic rings. The van der Waals surface area contributed by atoms with E-state index in [9.17, 15) is 19.1 Å². The average molecular weight is 519 g/mol. The lowest BCUT2D eigenvalue weighted by Gasteiger charge is -2.24. The molecule has 1 saturated heterocycles. The Kier molecular flexibility index (Phi) is 6.39. The Morgan fingerprint density at radius 3 is 2.54 bits per heavy atom. The highest BCUT2D eigenvalue weighted by Crippen LogP contribution is 2.45. The van der Waals surface area contributed by atoms with Crippen LogP contribution in [0, 0.1) is 12.7 Å². The lowest BCUT2D eigenvalue weighted by molar-refractivity contribution is -0.132. The van der Waals surface area contributed by atoms with Gasteiger partial charge in [0.1, 0.15) is 11.6 Å². The fourth-order valence-corrected chi connectivity index (χ4v) is 5.45. The molecule has 0 saturated carbocycles. The summed E-state index contributed by atoms with van der Waals surface area (Å²) in [5, 5.41) is 11.5. The first-order chi connectivity index (χ1) is 17.8. The molecule has 1 N–H and O–H groups in total. The number of ether oxygens (including phenoxy) is 2. The number of anilines is 1. The lowest BCUT2D eigenvalue weighted by Crippen LogP contribution is -2.29. The van der Waals surface area contributed by atoms with Crippen LogP contribution in [0.25, 0.3) is 16.0 Å². The first-order valence-electron chi connectivity index (χ1n) is 11.6. The minimum atomic E-state index is -1.00. The van der Waals surface area contributed by atoms with E-state index in [1.807, 2.05) is 32.0 Å². The Morgan fingerprint density at radius 2 is 1.84 bits per heavy atom. The normalized spacial score (nSPS) is 17.0. The van der Waals surface area contributed by atoms with Crippen LogP contribution < -0.4 is 14.4 Å². The molecule has 3 aromatic carbocycles. The van der Waals surface area contributed by atoms with Crippen molar-refractivity contribution < 1.29 is 28.6 Å². The second kappa shape index (κ2) is 9.67. The number of aliphatic hydroxyl groups is 1. The number of aliphatic hydroxyl groups excluding tert-OH is 1. The SMILES string of the molecule is CCOc1ccc([C@H]2C(=C(O)c3ccc(F)cc3)C(=O)C(=O)N2c2nc3ccc(C)cc3s2)cc1OC. The van der Waals surface area contributed by atoms with Gasteiger partial charge >= 0.3 is 5.91 Å². The van der Waals surface area contributed by atoms with Gasteiger partial charge in [0.2, 0.25) is 0 Å². The summed E-state index contributed by atoms with van der Waals surface area (Å²) >= 11 is 1.28. The highest BCUT2D eigenvalue weighted by molar-refractivity contribution is 7.22. The topological polar surface area (TPSA) is 89.0 Å². The molecule has 7 nitrogen and oxygen atoms in total. The number of benzene rings is 3. The Labute approximate surface area is 216 Å². The van der Waals surface area contributed by atoms with Crippen LogP contribution in [0.15, 0.2) is 66.2 Å². The van der Waals surface area contributed by atoms with Crippen LogP contribution in [0.2, 0.25) is 0 Å². The molecule has 0 unspecified atom stereocenters. The van der Waals surface area contributed by atoms with Gasteiger partial charge in [-0.25, -0.2) is 9.37 Å². The largest absolute Gasteiger partial charge is 0.507 e. The molecule has 9 heteroatoms. The van der Waals surface area contributed by atoms with Crippen molar-refractivity contribution in [1.82, 2.24) is 4.98 Å². The predicted molar refractivity (Wildman–Crippen MR) is 140 cm³/mol. The number of Topliss-reactive ketones (excluding diaryl/α,β-unsaturated/α-hetero) is 1. The number of rotatable bonds is 6. The highest BCUT2D eigenvalue weighted by Gasteiger charge is 2.48. The van der Waals surface area contributed by atoms with Crippen LogP contribution in [0.3, 0.4) is 0 Å². The van der Waals surface area contributed by atoms with E-state index in [0.717, 1.165) is 10.3 Å². The maximum absolute atomic E-state index is 13.5. The zero-order valence-corrected chi connectivity index (χ0v) is 21.1. The van der Waals surface area contributed by atoms with Crippen LogP contribution in [0.1, 0.15) is 29.7 Å². The monoisotopic (exact) mass is 518 g/mol. The third-order valence-electron chi connectivity index (χ3n) is 6.10. The molecule has 0 radical (unpaired) electrons. The number of carbonyl (C=O) groups excluding carboxylic acids is 2. The quantitative estimate of drug-likeness (QED) is 0.198. The zero-order chi connectivity index (χ0) is 26.3. The molecule has 188 valence electrons. The first-order valence-corrected chi connectivity index (χ1v) is 12.4. The van der Waals surface area contributed by atoms with Crippen LogP contribution in [-0.2, 0) is 9.59 Å². The van der Waals surface area contributed by atoms with Gasteiger partial charge in [-0.05, 0) is 73.5 Å². The number of amides is 1. The van der Waals surface area contributed by atoms with Gasteiger partial charge in [-0.1, -0.05) is 23.5 Å². The Bertz CT molecular complexity index is 1560. The molecule has 1 fully saturated rings. The Morgan fingerprint density at radius 1 is 1.08 bits per heavy atom. The number of carbonyl (C=O) groups is 2. The predicted octanol–water partition coefficient (Wildman–Crippen LogP) is 5.78. The second-order valence-electron chi connectivity index (χ2n) is 8.49. The number of thiazole rings is 1. The molecule has 1 aromatic heterocycles. The molecular weight excluding hydrogens is 495 g/mol. The number of hydrogen-bond acceptors (Lipinski definition) is 7. The summed E-state index contributed by atoms with van der Waals surface area (Å²) in [6.07, 6.45) is 0. The zero-order valence-electron chi connectivity index (χ0n) is 20.3. The molecule has 5 rings (SSSR count). The van der Waals surface area contributed by atoms with Crippen molar-refractivity contribution in [1.29, 1.82) is 0 Å². The number of ketones is 1. The van der Waals surface area contributed by atoms with Gasteiger partial charge in [0.25, 0.3) is 5.78 Å². The summed E-state index contributed by atoms with van der Waals surface area (Å²) in [6, 6.07) is 14.9. The molecule has 1 amide bonds. The summed E-state index contributed by atoms with van der Waals surface area (Å²) in [4.78, 5) is 32.7. The van der Waals surface area contributed by atoms with E-state index in [0.29, 0.717) is 34.3 Å². The third kappa shape index (κ3) is 4.31. The number of fused-ring (bicyclic) bond motifs is 1. The molecule has 2 heterocycles. The fraction of sp³-hybridized carbons (Fsp3) is 0.179. The number of halogens is 1. The van der Waals surface area contributed by atoms with Crippen molar-refractivity contribution >= 4 is 44.1 Å². The molecule has 0 aliphatic carbocycles. The number of hydrogen-bond donors (Lipinski definition) is 1. The molecular formula is C28H23FN2O5S. The molecule has 1 atom stereocenters. The average Bonchev–Trinajstić information content (AvgIpc) is 3.42. The van der Waals surface area contributed by atoms with E-state index in [2.05, 4.69) is 4.98 Å². The minimum absolute atomic E-state index is 0.127. The highest BCUT2D eigenvalue weighted by atomic mass is 32.1. The van der Waals surface area contributed by atoms with Crippen LogP contribution in [0.4, 0.5) is 9.52 Å². The van der Waals surface area contributed by atoms with Gasteiger partial charge < -0.3 is 14.6 Å². The summed E-state index contributed by atoms with van der Waals surface area (Å²) in [6.45, 7) is 4.23. The number of aromatic nitrogens is 1. The molecule has 0 spiro atoms. The first kappa shape index (κ1) is 24.5. The standard InChI is InChI=1S/C28H23FN2O5S/c1-4-36-20-12-8-17(14-21(20)35-3)24-23(25(32)16-6-9-18(29)10-7-16)26(33)27(34)31(24)28-30-19-11-5-15(2)13-22(19)37-28/h5-14,24,32H,4H2,1-3H3/t24-/m0/s1. The number of nitrogens with zero attached hydrogens (tertiary/aromatic N) is 2. The van der Waals surface area contributed by atoms with Gasteiger partial charge in [0.05, 0.1) is 35.5 Å². The van der Waals surface area contributed by atoms with Crippen LogP contribution in [0.5, 0.6) is 11.5 Å². The maximum Gasteiger partial charge on any atom is 0.301 e. The van der Waals surface area contributed by atoms with Gasteiger partial charge in [-0.3, -0.25) is 14.5 Å². The summed E-state index contributed by atoms with van der Waals surface area (Å²) in [7, 11) is 1.49. The van der Waals surface area contributed by atoms with Gasteiger partial charge in [-0.2, -0.15) is 0 Å². The van der Waals surface area contributed by atoms with Crippen LogP contribution >= 0.6 is 11.3 Å². The Balaban J connectivity index is 1.73. The summed E-state index contributed by atoms with van der Waals surface area (Å²) in [5.41, 5.74) is 2.32. The Hall–Kier alpha value is -4.24. The van der Waals surface area contributed by atoms with Crippen LogP contribution in [-0.4, -0.2) is 35.5 Å². The van der Waals surface area contributed by atoms with Crippen molar-refractivity contribution in [2.45, 2.75) is 19.9 Å². The van der Waals surface area contributed by atoms with E-state index in [1.165, 1.54) is 47.6 Å². The van der Waals surface area contributed by atoms with Crippen molar-refractivity contribution in [2.75, 3.05) is 18.6 Å². The van der Waals surface area contributed by atoms with Gasteiger partial charge in [0.15, 0.2) is 16.6 Å². The van der Waals surface area contributed by atoms with E-state index >= 15 is 0 Å². The minimum Gasteiger partial charge on any atom is -0.507 e. The van der Waals surface area contributed by atoms with Gasteiger partial charge in [-0.15, -0.1) is 0 Å². The van der Waals surface area contributed by atoms with E-state index in [1.54, 1.807) is 18.2 Å². The lowest BCUT2D eigenvalue weighted by atomic mass is 9.95. The van der Waals surface area contributed by atoms with Crippen molar-refractivity contribution in [2.24, 2.45) is 0 Å². The van der Waals surface area contributed by atoms with Crippen molar-refractivity contribution in [3.63, 3.8) is 0 Å². The number of methoxy groups -OCH3 is 1. The summed E-state index contributed by atoms with van der Waals surface area (Å²) in [5.74, 6) is -1.68. The maximum atomic E-state index is 13.5.